The molecule has 0 aliphatic heterocycles. The zero-order valence-electron chi connectivity index (χ0n) is 12.1. The molecule has 6 nitrogen and oxygen atoms in total. The van der Waals surface area contributed by atoms with Gasteiger partial charge in [0.25, 0.3) is 0 Å². The number of carboxylic acids is 1. The summed E-state index contributed by atoms with van der Waals surface area (Å²) in [5, 5.41) is 16.9. The maximum absolute atomic E-state index is 11.9. The number of hydrogen-bond donors (Lipinski definition) is 3. The molecule has 0 unspecified atom stereocenters. The highest BCUT2D eigenvalue weighted by atomic mass is 32.1. The van der Waals surface area contributed by atoms with Gasteiger partial charge in [0.05, 0.1) is 5.01 Å². The van der Waals surface area contributed by atoms with E-state index in [0.717, 1.165) is 30.7 Å². The minimum absolute atomic E-state index is 0.0640. The van der Waals surface area contributed by atoms with Gasteiger partial charge in [-0.15, -0.1) is 11.3 Å². The molecule has 0 radical (unpaired) electrons. The van der Waals surface area contributed by atoms with Crippen molar-refractivity contribution in [2.24, 2.45) is 0 Å². The second-order valence-corrected chi connectivity index (χ2v) is 6.63. The molecule has 1 heterocycles. The van der Waals surface area contributed by atoms with Gasteiger partial charge < -0.3 is 15.7 Å². The molecule has 1 aromatic rings. The third-order valence-corrected chi connectivity index (χ3v) is 4.68. The van der Waals surface area contributed by atoms with Gasteiger partial charge in [-0.25, -0.2) is 14.6 Å². The average Bonchev–Trinajstić information content (AvgIpc) is 2.88. The molecule has 116 valence electrons. The maximum atomic E-state index is 11.9. The van der Waals surface area contributed by atoms with Crippen molar-refractivity contribution in [3.63, 3.8) is 0 Å². The van der Waals surface area contributed by atoms with Gasteiger partial charge in [0, 0.05) is 23.9 Å². The van der Waals surface area contributed by atoms with Gasteiger partial charge in [0.15, 0.2) is 5.69 Å². The monoisotopic (exact) mass is 311 g/mol. The van der Waals surface area contributed by atoms with E-state index in [-0.39, 0.29) is 17.3 Å². The van der Waals surface area contributed by atoms with Crippen molar-refractivity contribution in [1.82, 2.24) is 15.6 Å². The lowest BCUT2D eigenvalue weighted by Gasteiger charge is -2.34. The van der Waals surface area contributed by atoms with Gasteiger partial charge in [0.2, 0.25) is 0 Å². The Labute approximate surface area is 128 Å². The van der Waals surface area contributed by atoms with Crippen molar-refractivity contribution in [2.75, 3.05) is 6.54 Å². The standard InChI is InChI=1S/C14H21N3O3S/c1-14(6-3-2-4-7-14)17-13(20)15-8-5-11-16-10(9-21-11)12(18)19/h9H,2-8H2,1H3,(H,18,19)(H2,15,17,20). The largest absolute Gasteiger partial charge is 0.476 e. The van der Waals surface area contributed by atoms with E-state index in [2.05, 4.69) is 22.5 Å². The lowest BCUT2D eigenvalue weighted by molar-refractivity contribution is 0.0691. The Bertz CT molecular complexity index is 509. The van der Waals surface area contributed by atoms with Crippen LogP contribution in [0.15, 0.2) is 5.38 Å². The lowest BCUT2D eigenvalue weighted by atomic mass is 9.83. The fourth-order valence-electron chi connectivity index (χ4n) is 2.58. The van der Waals surface area contributed by atoms with Gasteiger partial charge in [-0.05, 0) is 19.8 Å². The van der Waals surface area contributed by atoms with E-state index in [0.29, 0.717) is 13.0 Å². The van der Waals surface area contributed by atoms with Crippen LogP contribution in [-0.2, 0) is 6.42 Å². The number of urea groups is 1. The first kappa shape index (κ1) is 15.8. The molecule has 1 saturated carbocycles. The van der Waals surface area contributed by atoms with Crippen LogP contribution in [0.3, 0.4) is 0 Å². The van der Waals surface area contributed by atoms with Gasteiger partial charge in [0.1, 0.15) is 0 Å². The number of carboxylic acid groups (broad SMARTS) is 1. The minimum Gasteiger partial charge on any atom is -0.476 e. The highest BCUT2D eigenvalue weighted by molar-refractivity contribution is 7.09. The van der Waals surface area contributed by atoms with E-state index >= 15 is 0 Å². The maximum Gasteiger partial charge on any atom is 0.355 e. The molecule has 0 saturated heterocycles. The highest BCUT2D eigenvalue weighted by Gasteiger charge is 2.28. The predicted molar refractivity (Wildman–Crippen MR) is 80.8 cm³/mol. The Balaban J connectivity index is 1.72. The first-order valence-electron chi connectivity index (χ1n) is 7.22. The Hall–Kier alpha value is -1.63. The predicted octanol–water partition coefficient (Wildman–Crippen LogP) is 2.41. The fourth-order valence-corrected chi connectivity index (χ4v) is 3.35. The topological polar surface area (TPSA) is 91.3 Å². The average molecular weight is 311 g/mol. The molecule has 0 spiro atoms. The van der Waals surface area contributed by atoms with E-state index < -0.39 is 5.97 Å². The number of carbonyl (C=O) groups excluding carboxylic acids is 1. The summed E-state index contributed by atoms with van der Waals surface area (Å²) < 4.78 is 0. The smallest absolute Gasteiger partial charge is 0.355 e. The molecule has 3 N–H and O–H groups in total. The SMILES string of the molecule is CC1(NC(=O)NCCc2nc(C(=O)O)cs2)CCCCC1. The second kappa shape index (κ2) is 6.89. The summed E-state index contributed by atoms with van der Waals surface area (Å²) in [6, 6.07) is -0.158. The number of hydrogen-bond acceptors (Lipinski definition) is 4. The number of rotatable bonds is 5. The minimum atomic E-state index is -1.02. The van der Waals surface area contributed by atoms with Crippen LogP contribution >= 0.6 is 11.3 Å². The zero-order valence-corrected chi connectivity index (χ0v) is 13.0. The van der Waals surface area contributed by atoms with Crippen LogP contribution in [0.25, 0.3) is 0 Å². The van der Waals surface area contributed by atoms with E-state index in [1.807, 2.05) is 0 Å². The number of amides is 2. The van der Waals surface area contributed by atoms with E-state index in [1.54, 1.807) is 0 Å². The van der Waals surface area contributed by atoms with Crippen LogP contribution < -0.4 is 10.6 Å². The van der Waals surface area contributed by atoms with E-state index in [9.17, 15) is 9.59 Å². The van der Waals surface area contributed by atoms with E-state index in [4.69, 9.17) is 5.11 Å². The van der Waals surface area contributed by atoms with Crippen LogP contribution in [-0.4, -0.2) is 34.2 Å². The van der Waals surface area contributed by atoms with Crippen LogP contribution in [0.1, 0.15) is 54.5 Å². The van der Waals surface area contributed by atoms with Crippen LogP contribution in [0.2, 0.25) is 0 Å². The lowest BCUT2D eigenvalue weighted by Crippen LogP contribution is -2.51. The van der Waals surface area contributed by atoms with Crippen LogP contribution in [0.5, 0.6) is 0 Å². The molecular weight excluding hydrogens is 290 g/mol. The van der Waals surface area contributed by atoms with Crippen molar-refractivity contribution < 1.29 is 14.7 Å². The summed E-state index contributed by atoms with van der Waals surface area (Å²) in [6.45, 7) is 2.54. The van der Waals surface area contributed by atoms with Crippen molar-refractivity contribution in [3.05, 3.63) is 16.1 Å². The second-order valence-electron chi connectivity index (χ2n) is 5.68. The fraction of sp³-hybridized carbons (Fsp3) is 0.643. The molecule has 0 aromatic carbocycles. The quantitative estimate of drug-likeness (QED) is 0.778. The molecule has 1 aromatic heterocycles. The van der Waals surface area contributed by atoms with E-state index in [1.165, 1.54) is 23.1 Å². The van der Waals surface area contributed by atoms with Gasteiger partial charge in [-0.2, -0.15) is 0 Å². The number of nitrogens with zero attached hydrogens (tertiary/aromatic N) is 1. The number of aromatic carboxylic acids is 1. The summed E-state index contributed by atoms with van der Waals surface area (Å²) in [5.74, 6) is -1.02. The molecular formula is C14H21N3O3S. The summed E-state index contributed by atoms with van der Waals surface area (Å²) in [6.07, 6.45) is 6.16. The Kier molecular flexibility index (Phi) is 5.17. The molecule has 1 aliphatic rings. The van der Waals surface area contributed by atoms with Crippen molar-refractivity contribution in [2.45, 2.75) is 51.0 Å². The molecule has 0 atom stereocenters. The van der Waals surface area contributed by atoms with Crippen LogP contribution in [0.4, 0.5) is 4.79 Å². The molecule has 21 heavy (non-hydrogen) atoms. The summed E-state index contributed by atoms with van der Waals surface area (Å²) in [5.41, 5.74) is -0.0332. The van der Waals surface area contributed by atoms with Gasteiger partial charge >= 0.3 is 12.0 Å². The van der Waals surface area contributed by atoms with Crippen molar-refractivity contribution in [3.8, 4) is 0 Å². The van der Waals surface area contributed by atoms with Crippen molar-refractivity contribution >= 4 is 23.3 Å². The van der Waals surface area contributed by atoms with Gasteiger partial charge in [-0.3, -0.25) is 0 Å². The number of nitrogens with one attached hydrogen (secondary N) is 2. The normalized spacial score (nSPS) is 17.2. The zero-order chi connectivity index (χ0) is 15.3. The Morgan fingerprint density at radius 3 is 2.71 bits per heavy atom. The summed E-state index contributed by atoms with van der Waals surface area (Å²) >= 11 is 1.30. The molecule has 1 fully saturated rings. The third kappa shape index (κ3) is 4.70. The summed E-state index contributed by atoms with van der Waals surface area (Å²) in [4.78, 5) is 26.6. The van der Waals surface area contributed by atoms with Crippen molar-refractivity contribution in [1.29, 1.82) is 0 Å². The first-order chi connectivity index (χ1) is 9.98. The molecule has 7 heteroatoms. The molecule has 2 amide bonds. The molecule has 1 aliphatic carbocycles. The first-order valence-corrected chi connectivity index (χ1v) is 8.10. The molecule has 0 bridgehead atoms. The van der Waals surface area contributed by atoms with Crippen LogP contribution in [0, 0.1) is 0 Å². The highest BCUT2D eigenvalue weighted by Crippen LogP contribution is 2.27. The number of aromatic nitrogens is 1. The number of thiazole rings is 1. The molecule has 2 rings (SSSR count). The third-order valence-electron chi connectivity index (χ3n) is 3.77. The Morgan fingerprint density at radius 1 is 1.38 bits per heavy atom. The summed E-state index contributed by atoms with van der Waals surface area (Å²) in [7, 11) is 0. The Morgan fingerprint density at radius 2 is 2.10 bits per heavy atom. The van der Waals surface area contributed by atoms with Gasteiger partial charge in [-0.1, -0.05) is 19.3 Å². The number of carbonyl (C=O) groups is 2.